The Hall–Kier alpha value is -2.00. The highest BCUT2D eigenvalue weighted by Gasteiger charge is 2.18. The molecule has 0 saturated carbocycles. The van der Waals surface area contributed by atoms with E-state index in [9.17, 15) is 0 Å². The van der Waals surface area contributed by atoms with Crippen LogP contribution in [0.3, 0.4) is 0 Å². The number of fused-ring (bicyclic) bond motifs is 3. The predicted molar refractivity (Wildman–Crippen MR) is 105 cm³/mol. The second kappa shape index (κ2) is 6.14. The number of nitrogens with zero attached hydrogens (tertiary/aromatic N) is 1. The van der Waals surface area contributed by atoms with E-state index in [0.717, 1.165) is 17.6 Å². The van der Waals surface area contributed by atoms with Crippen molar-refractivity contribution in [1.82, 2.24) is 4.98 Å². The number of nitrogens with one attached hydrogen (secondary N) is 1. The van der Waals surface area contributed by atoms with Crippen molar-refractivity contribution in [3.05, 3.63) is 59.3 Å². The maximum absolute atomic E-state index is 4.65. The van der Waals surface area contributed by atoms with E-state index < -0.39 is 0 Å². The lowest BCUT2D eigenvalue weighted by Crippen LogP contribution is -1.99. The molecule has 2 nitrogen and oxygen atoms in total. The molecule has 1 aliphatic rings. The van der Waals surface area contributed by atoms with Crippen molar-refractivity contribution in [3.8, 4) is 0 Å². The minimum atomic E-state index is 0.558. The van der Waals surface area contributed by atoms with Crippen LogP contribution in [0.5, 0.6) is 0 Å². The van der Waals surface area contributed by atoms with Crippen molar-refractivity contribution in [2.75, 3.05) is 11.1 Å². The molecule has 0 fully saturated rings. The summed E-state index contributed by atoms with van der Waals surface area (Å²) in [7, 11) is 0. The van der Waals surface area contributed by atoms with Crippen LogP contribution in [0.1, 0.15) is 36.5 Å². The zero-order valence-electron chi connectivity index (χ0n) is 14.4. The van der Waals surface area contributed by atoms with Gasteiger partial charge < -0.3 is 5.32 Å². The van der Waals surface area contributed by atoms with Gasteiger partial charge in [-0.2, -0.15) is 0 Å². The van der Waals surface area contributed by atoms with E-state index in [4.69, 9.17) is 0 Å². The van der Waals surface area contributed by atoms with Crippen molar-refractivity contribution in [2.45, 2.75) is 38.0 Å². The molecule has 2 heterocycles. The fraction of sp³-hybridized carbons (Fsp3) is 0.286. The molecule has 0 bridgehead atoms. The van der Waals surface area contributed by atoms with Crippen molar-refractivity contribution >= 4 is 34.0 Å². The van der Waals surface area contributed by atoms with Gasteiger partial charge in [0, 0.05) is 27.9 Å². The molecular formula is C21H22N2S. The second-order valence-corrected chi connectivity index (χ2v) is 7.89. The Bertz CT molecular complexity index is 898. The van der Waals surface area contributed by atoms with Crippen molar-refractivity contribution in [3.63, 3.8) is 0 Å². The summed E-state index contributed by atoms with van der Waals surface area (Å²) in [6, 6.07) is 13.2. The van der Waals surface area contributed by atoms with Crippen molar-refractivity contribution in [1.29, 1.82) is 0 Å². The lowest BCUT2D eigenvalue weighted by molar-refractivity contribution is 0.867. The quantitative estimate of drug-likeness (QED) is 0.630. The molecule has 0 saturated heterocycles. The first-order valence-electron chi connectivity index (χ1n) is 8.54. The summed E-state index contributed by atoms with van der Waals surface area (Å²) in [6.45, 7) is 6.59. The Morgan fingerprint density at radius 1 is 1.08 bits per heavy atom. The van der Waals surface area contributed by atoms with Crippen LogP contribution in [0.2, 0.25) is 0 Å². The highest BCUT2D eigenvalue weighted by Crippen LogP contribution is 2.40. The van der Waals surface area contributed by atoms with E-state index in [1.165, 1.54) is 38.4 Å². The maximum atomic E-state index is 4.65. The summed E-state index contributed by atoms with van der Waals surface area (Å²) in [6.07, 6.45) is 3.10. The number of thioether (sulfide) groups is 1. The Balaban J connectivity index is 1.81. The molecular weight excluding hydrogens is 312 g/mol. The minimum absolute atomic E-state index is 0.558. The van der Waals surface area contributed by atoms with E-state index in [2.05, 4.69) is 67.5 Å². The molecule has 0 amide bonds. The van der Waals surface area contributed by atoms with Crippen LogP contribution in [-0.4, -0.2) is 10.7 Å². The zero-order valence-corrected chi connectivity index (χ0v) is 15.2. The van der Waals surface area contributed by atoms with Gasteiger partial charge in [0.25, 0.3) is 0 Å². The first-order valence-corrected chi connectivity index (χ1v) is 9.53. The molecule has 4 rings (SSSR count). The van der Waals surface area contributed by atoms with Gasteiger partial charge in [-0.1, -0.05) is 26.0 Å². The van der Waals surface area contributed by atoms with Crippen LogP contribution in [0.15, 0.2) is 47.5 Å². The summed E-state index contributed by atoms with van der Waals surface area (Å²) in [5.74, 6) is 1.73. The van der Waals surface area contributed by atoms with Gasteiger partial charge in [-0.15, -0.1) is 11.8 Å². The monoisotopic (exact) mass is 334 g/mol. The van der Waals surface area contributed by atoms with E-state index in [1.54, 1.807) is 0 Å². The van der Waals surface area contributed by atoms with Gasteiger partial charge in [0.1, 0.15) is 0 Å². The van der Waals surface area contributed by atoms with Gasteiger partial charge in [-0.3, -0.25) is 4.98 Å². The van der Waals surface area contributed by atoms with Gasteiger partial charge in [0.05, 0.1) is 11.2 Å². The standard InChI is InChI=1S/C21H22N2S/c1-13(2)15-4-6-16(7-5-15)23-21-14(3)12-22-18-8-9-19-17(20(18)21)10-11-24-19/h4-9,12-13H,10-11H2,1-3H3,(H,22,23). The Morgan fingerprint density at radius 2 is 1.88 bits per heavy atom. The van der Waals surface area contributed by atoms with Crippen molar-refractivity contribution < 1.29 is 0 Å². The van der Waals surface area contributed by atoms with Crippen LogP contribution in [-0.2, 0) is 6.42 Å². The molecule has 0 radical (unpaired) electrons. The largest absolute Gasteiger partial charge is 0.355 e. The third-order valence-electron chi connectivity index (χ3n) is 4.75. The number of aromatic nitrogens is 1. The lowest BCUT2D eigenvalue weighted by atomic mass is 10.0. The minimum Gasteiger partial charge on any atom is -0.355 e. The number of benzene rings is 2. The smallest absolute Gasteiger partial charge is 0.0726 e. The van der Waals surface area contributed by atoms with Gasteiger partial charge in [-0.25, -0.2) is 0 Å². The molecule has 2 aromatic carbocycles. The van der Waals surface area contributed by atoms with Gasteiger partial charge in [0.2, 0.25) is 0 Å². The normalized spacial score (nSPS) is 13.5. The van der Waals surface area contributed by atoms with E-state index in [-0.39, 0.29) is 0 Å². The molecule has 3 heteroatoms. The van der Waals surface area contributed by atoms with Crippen LogP contribution >= 0.6 is 11.8 Å². The zero-order chi connectivity index (χ0) is 16.7. The van der Waals surface area contributed by atoms with Gasteiger partial charge >= 0.3 is 0 Å². The molecule has 0 atom stereocenters. The van der Waals surface area contributed by atoms with Crippen LogP contribution in [0.4, 0.5) is 11.4 Å². The number of aryl methyl sites for hydroxylation is 2. The van der Waals surface area contributed by atoms with Crippen LogP contribution in [0.25, 0.3) is 10.9 Å². The average Bonchev–Trinajstić information content (AvgIpc) is 3.06. The Labute approximate surface area is 147 Å². The highest BCUT2D eigenvalue weighted by atomic mass is 32.2. The van der Waals surface area contributed by atoms with E-state index in [1.807, 2.05) is 18.0 Å². The lowest BCUT2D eigenvalue weighted by Gasteiger charge is -2.16. The maximum Gasteiger partial charge on any atom is 0.0726 e. The summed E-state index contributed by atoms with van der Waals surface area (Å²) < 4.78 is 0. The number of hydrogen-bond acceptors (Lipinski definition) is 3. The number of anilines is 2. The number of hydrogen-bond donors (Lipinski definition) is 1. The predicted octanol–water partition coefficient (Wildman–Crippen LogP) is 6.06. The topological polar surface area (TPSA) is 24.9 Å². The fourth-order valence-electron chi connectivity index (χ4n) is 3.33. The number of rotatable bonds is 3. The summed E-state index contributed by atoms with van der Waals surface area (Å²) in [5, 5.41) is 4.96. The number of pyridine rings is 1. The summed E-state index contributed by atoms with van der Waals surface area (Å²) in [4.78, 5) is 6.06. The van der Waals surface area contributed by atoms with E-state index >= 15 is 0 Å². The molecule has 24 heavy (non-hydrogen) atoms. The average molecular weight is 334 g/mol. The molecule has 1 N–H and O–H groups in total. The Morgan fingerprint density at radius 3 is 2.62 bits per heavy atom. The third kappa shape index (κ3) is 2.67. The second-order valence-electron chi connectivity index (χ2n) is 6.75. The highest BCUT2D eigenvalue weighted by molar-refractivity contribution is 7.99. The molecule has 0 aliphatic carbocycles. The molecule has 3 aromatic rings. The molecule has 1 aliphatic heterocycles. The molecule has 122 valence electrons. The summed E-state index contributed by atoms with van der Waals surface area (Å²) >= 11 is 1.95. The molecule has 0 unspecified atom stereocenters. The molecule has 0 spiro atoms. The summed E-state index contributed by atoms with van der Waals surface area (Å²) in [5.41, 5.74) is 7.45. The fourth-order valence-corrected chi connectivity index (χ4v) is 4.40. The van der Waals surface area contributed by atoms with Crippen LogP contribution < -0.4 is 5.32 Å². The van der Waals surface area contributed by atoms with Crippen LogP contribution in [0, 0.1) is 6.92 Å². The van der Waals surface area contributed by atoms with Crippen molar-refractivity contribution in [2.24, 2.45) is 0 Å². The Kier molecular flexibility index (Phi) is 3.97. The SMILES string of the molecule is Cc1cnc2ccc3c(c2c1Nc1ccc(C(C)C)cc1)CCS3. The first-order chi connectivity index (χ1) is 11.6. The first kappa shape index (κ1) is 15.5. The van der Waals surface area contributed by atoms with Gasteiger partial charge in [-0.05, 0) is 60.2 Å². The molecule has 1 aromatic heterocycles. The van der Waals surface area contributed by atoms with Gasteiger partial charge in [0.15, 0.2) is 0 Å². The third-order valence-corrected chi connectivity index (χ3v) is 5.85. The van der Waals surface area contributed by atoms with E-state index in [0.29, 0.717) is 5.92 Å².